The van der Waals surface area contributed by atoms with Gasteiger partial charge in [0, 0.05) is 18.2 Å². The standard InChI is InChI=1S/C19H25N3O7S2/c1-5-22(13-6-7-31(24,25)11-13)16(23)10-30-19-21-20-18(29-19)12-8-14(26-2)17(28-4)15(9-12)27-3/h8-9,13H,5-7,10-11H2,1-4H3. The number of methoxy groups -OCH3 is 3. The molecule has 1 amide bonds. The molecule has 0 bridgehead atoms. The fourth-order valence-electron chi connectivity index (χ4n) is 3.46. The van der Waals surface area contributed by atoms with E-state index in [1.54, 1.807) is 17.0 Å². The van der Waals surface area contributed by atoms with Crippen LogP contribution in [0.3, 0.4) is 0 Å². The monoisotopic (exact) mass is 471 g/mol. The number of ether oxygens (including phenoxy) is 3. The molecule has 1 unspecified atom stereocenters. The van der Waals surface area contributed by atoms with Gasteiger partial charge in [0.1, 0.15) is 0 Å². The Labute approximate surface area is 185 Å². The van der Waals surface area contributed by atoms with Crippen LogP contribution < -0.4 is 14.2 Å². The molecular weight excluding hydrogens is 446 g/mol. The van der Waals surface area contributed by atoms with Gasteiger partial charge in [-0.15, -0.1) is 10.2 Å². The van der Waals surface area contributed by atoms with Crippen LogP contribution in [0.4, 0.5) is 0 Å². The summed E-state index contributed by atoms with van der Waals surface area (Å²) >= 11 is 1.11. The van der Waals surface area contributed by atoms with Gasteiger partial charge in [0.25, 0.3) is 5.22 Å². The molecule has 0 aliphatic carbocycles. The van der Waals surface area contributed by atoms with E-state index < -0.39 is 9.84 Å². The Bertz CT molecular complexity index is 1010. The Morgan fingerprint density at radius 3 is 2.39 bits per heavy atom. The number of sulfone groups is 1. The summed E-state index contributed by atoms with van der Waals surface area (Å²) < 4.78 is 45.1. The van der Waals surface area contributed by atoms with Crippen molar-refractivity contribution in [3.8, 4) is 28.7 Å². The number of carbonyl (C=O) groups excluding carboxylic acids is 1. The summed E-state index contributed by atoms with van der Waals surface area (Å²) in [5.74, 6) is 1.63. The van der Waals surface area contributed by atoms with Crippen LogP contribution in [0.2, 0.25) is 0 Å². The molecule has 2 heterocycles. The van der Waals surface area contributed by atoms with Crippen molar-refractivity contribution >= 4 is 27.5 Å². The summed E-state index contributed by atoms with van der Waals surface area (Å²) in [5, 5.41) is 8.26. The molecule has 170 valence electrons. The largest absolute Gasteiger partial charge is 0.493 e. The van der Waals surface area contributed by atoms with Crippen molar-refractivity contribution in [2.24, 2.45) is 0 Å². The summed E-state index contributed by atoms with van der Waals surface area (Å²) in [6.45, 7) is 2.28. The van der Waals surface area contributed by atoms with Gasteiger partial charge in [-0.1, -0.05) is 11.8 Å². The van der Waals surface area contributed by atoms with Crippen molar-refractivity contribution in [3.63, 3.8) is 0 Å². The third kappa shape index (κ3) is 5.24. The molecular formula is C19H25N3O7S2. The molecule has 1 aliphatic rings. The fourth-order valence-corrected chi connectivity index (χ4v) is 5.83. The van der Waals surface area contributed by atoms with Crippen molar-refractivity contribution in [1.82, 2.24) is 15.1 Å². The van der Waals surface area contributed by atoms with Crippen LogP contribution in [0.1, 0.15) is 13.3 Å². The Kier molecular flexibility index (Phi) is 7.31. The maximum Gasteiger partial charge on any atom is 0.277 e. The first-order chi connectivity index (χ1) is 14.8. The molecule has 12 heteroatoms. The van der Waals surface area contributed by atoms with E-state index in [0.717, 1.165) is 11.8 Å². The van der Waals surface area contributed by atoms with Gasteiger partial charge in [-0.3, -0.25) is 4.79 Å². The van der Waals surface area contributed by atoms with E-state index in [9.17, 15) is 13.2 Å². The van der Waals surface area contributed by atoms with Crippen molar-refractivity contribution < 1.29 is 31.8 Å². The topological polar surface area (TPSA) is 121 Å². The predicted molar refractivity (Wildman–Crippen MR) is 115 cm³/mol. The minimum atomic E-state index is -3.07. The normalized spacial score (nSPS) is 17.4. The molecule has 0 radical (unpaired) electrons. The lowest BCUT2D eigenvalue weighted by Crippen LogP contribution is -2.41. The molecule has 1 saturated heterocycles. The molecule has 1 fully saturated rings. The minimum absolute atomic E-state index is 0.0170. The summed E-state index contributed by atoms with van der Waals surface area (Å²) in [6, 6.07) is 3.10. The SMILES string of the molecule is CCN(C(=O)CSc1nnc(-c2cc(OC)c(OC)c(OC)c2)o1)C1CCS(=O)(=O)C1. The van der Waals surface area contributed by atoms with E-state index in [0.29, 0.717) is 35.8 Å². The highest BCUT2D eigenvalue weighted by Gasteiger charge is 2.34. The number of nitrogens with zero attached hydrogens (tertiary/aromatic N) is 3. The third-order valence-electron chi connectivity index (χ3n) is 4.95. The van der Waals surface area contributed by atoms with Gasteiger partial charge in [0.2, 0.25) is 17.5 Å². The van der Waals surface area contributed by atoms with Crippen molar-refractivity contribution in [2.45, 2.75) is 24.6 Å². The van der Waals surface area contributed by atoms with Gasteiger partial charge in [-0.25, -0.2) is 8.42 Å². The number of rotatable bonds is 9. The van der Waals surface area contributed by atoms with Crippen LogP contribution >= 0.6 is 11.8 Å². The van der Waals surface area contributed by atoms with Crippen LogP contribution in [0.5, 0.6) is 17.2 Å². The predicted octanol–water partition coefficient (Wildman–Crippen LogP) is 1.89. The number of hydrogen-bond donors (Lipinski definition) is 0. The minimum Gasteiger partial charge on any atom is -0.493 e. The van der Waals surface area contributed by atoms with Crippen molar-refractivity contribution in [1.29, 1.82) is 0 Å². The molecule has 1 aliphatic heterocycles. The number of thioether (sulfide) groups is 1. The van der Waals surface area contributed by atoms with Gasteiger partial charge in [-0.05, 0) is 25.5 Å². The second kappa shape index (κ2) is 9.77. The maximum absolute atomic E-state index is 12.6. The fraction of sp³-hybridized carbons (Fsp3) is 0.526. The molecule has 0 N–H and O–H groups in total. The highest BCUT2D eigenvalue weighted by molar-refractivity contribution is 7.99. The average Bonchev–Trinajstić information content (AvgIpc) is 3.38. The Balaban J connectivity index is 1.69. The van der Waals surface area contributed by atoms with Crippen LogP contribution in [0, 0.1) is 0 Å². The summed E-state index contributed by atoms with van der Waals surface area (Å²) in [6.07, 6.45) is 0.471. The molecule has 2 aromatic rings. The van der Waals surface area contributed by atoms with Crippen LogP contribution in [0.25, 0.3) is 11.5 Å². The lowest BCUT2D eigenvalue weighted by Gasteiger charge is -2.26. The van der Waals surface area contributed by atoms with Gasteiger partial charge in [0.05, 0.1) is 38.6 Å². The molecule has 1 aromatic carbocycles. The van der Waals surface area contributed by atoms with Crippen LogP contribution in [-0.4, -0.2) is 80.6 Å². The smallest absolute Gasteiger partial charge is 0.277 e. The lowest BCUT2D eigenvalue weighted by molar-refractivity contribution is -0.129. The van der Waals surface area contributed by atoms with Gasteiger partial charge in [-0.2, -0.15) is 0 Å². The average molecular weight is 472 g/mol. The van der Waals surface area contributed by atoms with E-state index in [1.807, 2.05) is 6.92 Å². The van der Waals surface area contributed by atoms with Crippen molar-refractivity contribution in [3.05, 3.63) is 12.1 Å². The first-order valence-electron chi connectivity index (χ1n) is 9.58. The number of carbonyl (C=O) groups is 1. The van der Waals surface area contributed by atoms with Gasteiger partial charge >= 0.3 is 0 Å². The Morgan fingerprint density at radius 2 is 1.87 bits per heavy atom. The zero-order valence-corrected chi connectivity index (χ0v) is 19.4. The molecule has 31 heavy (non-hydrogen) atoms. The Hall–Kier alpha value is -2.47. The molecule has 0 saturated carbocycles. The number of aromatic nitrogens is 2. The molecule has 1 aromatic heterocycles. The van der Waals surface area contributed by atoms with Crippen LogP contribution in [0.15, 0.2) is 21.8 Å². The highest BCUT2D eigenvalue weighted by atomic mass is 32.2. The van der Waals surface area contributed by atoms with Crippen molar-refractivity contribution in [2.75, 3.05) is 45.1 Å². The second-order valence-electron chi connectivity index (χ2n) is 6.81. The molecule has 10 nitrogen and oxygen atoms in total. The number of amides is 1. The van der Waals surface area contributed by atoms with E-state index in [-0.39, 0.29) is 40.3 Å². The van der Waals surface area contributed by atoms with E-state index in [1.165, 1.54) is 21.3 Å². The maximum atomic E-state index is 12.6. The van der Waals surface area contributed by atoms with E-state index >= 15 is 0 Å². The highest BCUT2D eigenvalue weighted by Crippen LogP contribution is 2.41. The molecule has 0 spiro atoms. The summed E-state index contributed by atoms with van der Waals surface area (Å²) in [4.78, 5) is 14.2. The van der Waals surface area contributed by atoms with E-state index in [4.69, 9.17) is 18.6 Å². The molecule has 3 rings (SSSR count). The van der Waals surface area contributed by atoms with Crippen LogP contribution in [-0.2, 0) is 14.6 Å². The molecule has 1 atom stereocenters. The lowest BCUT2D eigenvalue weighted by atomic mass is 10.2. The zero-order chi connectivity index (χ0) is 22.6. The Morgan fingerprint density at radius 1 is 1.19 bits per heavy atom. The first-order valence-corrected chi connectivity index (χ1v) is 12.4. The van der Waals surface area contributed by atoms with Gasteiger partial charge < -0.3 is 23.5 Å². The quantitative estimate of drug-likeness (QED) is 0.501. The third-order valence-corrected chi connectivity index (χ3v) is 7.50. The van der Waals surface area contributed by atoms with Gasteiger partial charge in [0.15, 0.2) is 21.3 Å². The first kappa shape index (κ1) is 23.2. The summed E-state index contributed by atoms with van der Waals surface area (Å²) in [5.41, 5.74) is 0.575. The zero-order valence-electron chi connectivity index (χ0n) is 17.8. The number of benzene rings is 1. The second-order valence-corrected chi connectivity index (χ2v) is 9.97. The number of hydrogen-bond acceptors (Lipinski definition) is 10. The van der Waals surface area contributed by atoms with E-state index in [2.05, 4.69) is 10.2 Å². The summed E-state index contributed by atoms with van der Waals surface area (Å²) in [7, 11) is 1.47.